The maximum atomic E-state index is 13.3. The highest BCUT2D eigenvalue weighted by Gasteiger charge is 2.32. The van der Waals surface area contributed by atoms with Gasteiger partial charge in [0.05, 0.1) is 23.9 Å². The second-order valence-corrected chi connectivity index (χ2v) is 9.23. The largest absolute Gasteiger partial charge is 0.372 e. The molecule has 172 valence electrons. The van der Waals surface area contributed by atoms with Crippen LogP contribution in [0, 0.1) is 12.8 Å². The Balaban J connectivity index is 1.16. The molecule has 1 aromatic heterocycles. The molecule has 1 unspecified atom stereocenters. The van der Waals surface area contributed by atoms with E-state index in [9.17, 15) is 4.79 Å². The Hall–Kier alpha value is -2.99. The van der Waals surface area contributed by atoms with Crippen molar-refractivity contribution >= 4 is 22.8 Å². The second-order valence-electron chi connectivity index (χ2n) is 9.23. The Morgan fingerprint density at radius 2 is 1.73 bits per heavy atom. The summed E-state index contributed by atoms with van der Waals surface area (Å²) in [6.45, 7) is 5.83. The van der Waals surface area contributed by atoms with Crippen molar-refractivity contribution in [3.05, 3.63) is 65.9 Å². The number of aryl methyl sites for hydroxylation is 1. The number of fused-ring (bicyclic) bond motifs is 1. The minimum absolute atomic E-state index is 0.0793. The molecule has 2 saturated heterocycles. The number of amides is 1. The van der Waals surface area contributed by atoms with Crippen LogP contribution in [0.2, 0.25) is 0 Å². The highest BCUT2D eigenvalue weighted by Crippen LogP contribution is 2.26. The molecule has 3 aromatic rings. The first kappa shape index (κ1) is 21.8. The number of carbonyl (C=O) groups excluding carboxylic acids is 1. The average molecular weight is 445 g/mol. The molecule has 3 heterocycles. The Bertz CT molecular complexity index is 1100. The summed E-state index contributed by atoms with van der Waals surface area (Å²) < 4.78 is 6.14. The Morgan fingerprint density at radius 3 is 2.55 bits per heavy atom. The van der Waals surface area contributed by atoms with Crippen molar-refractivity contribution in [2.45, 2.75) is 45.3 Å². The molecular formula is C27H32N4O2. The van der Waals surface area contributed by atoms with Gasteiger partial charge in [0.2, 0.25) is 11.9 Å². The van der Waals surface area contributed by atoms with Crippen LogP contribution in [0.25, 0.3) is 10.9 Å². The fraction of sp³-hybridized carbons (Fsp3) is 0.444. The predicted octanol–water partition coefficient (Wildman–Crippen LogP) is 4.36. The number of nitrogens with zero attached hydrogens (tertiary/aromatic N) is 4. The SMILES string of the molecule is Cc1nc(N2CCC(C(=O)N3CCCC(OCc4ccccc4)C3)CC2)nc2ccccc12. The van der Waals surface area contributed by atoms with Crippen LogP contribution in [0.15, 0.2) is 54.6 Å². The molecule has 5 rings (SSSR count). The summed E-state index contributed by atoms with van der Waals surface area (Å²) in [5.74, 6) is 1.15. The fourth-order valence-corrected chi connectivity index (χ4v) is 5.01. The first-order valence-corrected chi connectivity index (χ1v) is 12.1. The number of aromatic nitrogens is 2. The standard InChI is InChI=1S/C27H32N4O2/c1-20-24-11-5-6-12-25(24)29-27(28-20)30-16-13-22(14-17-30)26(32)31-15-7-10-23(18-31)33-19-21-8-3-2-4-9-21/h2-6,8-9,11-12,22-23H,7,10,13-19H2,1H3. The number of para-hydroxylation sites is 1. The van der Waals surface area contributed by atoms with Crippen molar-refractivity contribution in [3.8, 4) is 0 Å². The molecule has 0 spiro atoms. The maximum Gasteiger partial charge on any atom is 0.226 e. The third kappa shape index (κ3) is 5.01. The molecule has 1 amide bonds. The van der Waals surface area contributed by atoms with Gasteiger partial charge in [-0.3, -0.25) is 4.79 Å². The van der Waals surface area contributed by atoms with Crippen LogP contribution in [0.3, 0.4) is 0 Å². The number of anilines is 1. The van der Waals surface area contributed by atoms with Crippen molar-refractivity contribution in [3.63, 3.8) is 0 Å². The molecule has 2 aromatic carbocycles. The first-order chi connectivity index (χ1) is 16.2. The molecule has 0 radical (unpaired) electrons. The van der Waals surface area contributed by atoms with Gasteiger partial charge < -0.3 is 14.5 Å². The van der Waals surface area contributed by atoms with Gasteiger partial charge in [-0.1, -0.05) is 48.5 Å². The third-order valence-electron chi connectivity index (χ3n) is 6.93. The summed E-state index contributed by atoms with van der Waals surface area (Å²) in [6, 6.07) is 18.4. The van der Waals surface area contributed by atoms with E-state index in [0.29, 0.717) is 19.1 Å². The molecule has 2 fully saturated rings. The number of ether oxygens (including phenoxy) is 1. The molecule has 2 aliphatic heterocycles. The van der Waals surface area contributed by atoms with E-state index in [1.165, 1.54) is 5.56 Å². The van der Waals surface area contributed by atoms with Gasteiger partial charge in [-0.15, -0.1) is 0 Å². The van der Waals surface area contributed by atoms with E-state index in [1.54, 1.807) is 0 Å². The zero-order valence-corrected chi connectivity index (χ0v) is 19.3. The summed E-state index contributed by atoms with van der Waals surface area (Å²) in [4.78, 5) is 27.1. The van der Waals surface area contributed by atoms with Crippen molar-refractivity contribution in [2.24, 2.45) is 5.92 Å². The quantitative estimate of drug-likeness (QED) is 0.585. The monoisotopic (exact) mass is 444 g/mol. The summed E-state index contributed by atoms with van der Waals surface area (Å²) >= 11 is 0. The van der Waals surface area contributed by atoms with E-state index in [0.717, 1.165) is 67.9 Å². The Labute approximate surface area is 195 Å². The Kier molecular flexibility index (Phi) is 6.53. The van der Waals surface area contributed by atoms with E-state index in [4.69, 9.17) is 14.7 Å². The number of hydrogen-bond donors (Lipinski definition) is 0. The molecule has 33 heavy (non-hydrogen) atoms. The molecule has 0 aliphatic carbocycles. The molecule has 2 aliphatic rings. The van der Waals surface area contributed by atoms with Gasteiger partial charge in [0, 0.05) is 37.5 Å². The first-order valence-electron chi connectivity index (χ1n) is 12.1. The number of hydrogen-bond acceptors (Lipinski definition) is 5. The van der Waals surface area contributed by atoms with Crippen molar-refractivity contribution in [1.29, 1.82) is 0 Å². The maximum absolute atomic E-state index is 13.3. The number of likely N-dealkylation sites (tertiary alicyclic amines) is 1. The van der Waals surface area contributed by atoms with E-state index >= 15 is 0 Å². The molecule has 6 heteroatoms. The van der Waals surface area contributed by atoms with Crippen LogP contribution in [0.1, 0.15) is 36.9 Å². The van der Waals surface area contributed by atoms with Gasteiger partial charge in [0.15, 0.2) is 0 Å². The molecule has 0 saturated carbocycles. The van der Waals surface area contributed by atoms with Gasteiger partial charge in [-0.25, -0.2) is 9.97 Å². The third-order valence-corrected chi connectivity index (χ3v) is 6.93. The van der Waals surface area contributed by atoms with E-state index in [2.05, 4.69) is 23.1 Å². The van der Waals surface area contributed by atoms with Crippen LogP contribution in [0.5, 0.6) is 0 Å². The van der Waals surface area contributed by atoms with Gasteiger partial charge in [-0.05, 0) is 44.2 Å². The van der Waals surface area contributed by atoms with Crippen molar-refractivity contribution in [1.82, 2.24) is 14.9 Å². The van der Waals surface area contributed by atoms with Crippen LogP contribution in [0.4, 0.5) is 5.95 Å². The van der Waals surface area contributed by atoms with Gasteiger partial charge >= 0.3 is 0 Å². The lowest BCUT2D eigenvalue weighted by Crippen LogP contribution is -2.48. The minimum Gasteiger partial charge on any atom is -0.372 e. The topological polar surface area (TPSA) is 58.6 Å². The van der Waals surface area contributed by atoms with Gasteiger partial charge in [0.25, 0.3) is 0 Å². The number of piperidine rings is 2. The molecule has 0 N–H and O–H groups in total. The summed E-state index contributed by atoms with van der Waals surface area (Å²) in [7, 11) is 0. The zero-order chi connectivity index (χ0) is 22.6. The van der Waals surface area contributed by atoms with Gasteiger partial charge in [0.1, 0.15) is 0 Å². The lowest BCUT2D eigenvalue weighted by molar-refractivity contribution is -0.140. The highest BCUT2D eigenvalue weighted by atomic mass is 16.5. The number of carbonyl (C=O) groups is 1. The predicted molar refractivity (Wildman–Crippen MR) is 130 cm³/mol. The fourth-order valence-electron chi connectivity index (χ4n) is 5.01. The number of rotatable bonds is 5. The van der Waals surface area contributed by atoms with E-state index in [1.807, 2.05) is 48.2 Å². The Morgan fingerprint density at radius 1 is 0.970 bits per heavy atom. The summed E-state index contributed by atoms with van der Waals surface area (Å²) in [5.41, 5.74) is 3.16. The van der Waals surface area contributed by atoms with Crippen molar-refractivity contribution in [2.75, 3.05) is 31.1 Å². The molecular weight excluding hydrogens is 412 g/mol. The highest BCUT2D eigenvalue weighted by molar-refractivity contribution is 5.82. The van der Waals surface area contributed by atoms with Crippen LogP contribution >= 0.6 is 0 Å². The lowest BCUT2D eigenvalue weighted by Gasteiger charge is -2.37. The molecule has 6 nitrogen and oxygen atoms in total. The lowest BCUT2D eigenvalue weighted by atomic mass is 9.94. The van der Waals surface area contributed by atoms with E-state index < -0.39 is 0 Å². The smallest absolute Gasteiger partial charge is 0.226 e. The number of benzene rings is 2. The minimum atomic E-state index is 0.0793. The van der Waals surface area contributed by atoms with Gasteiger partial charge in [-0.2, -0.15) is 0 Å². The van der Waals surface area contributed by atoms with Crippen molar-refractivity contribution < 1.29 is 9.53 Å². The van der Waals surface area contributed by atoms with Crippen LogP contribution in [-0.4, -0.2) is 53.1 Å². The van der Waals surface area contributed by atoms with E-state index in [-0.39, 0.29) is 12.0 Å². The summed E-state index contributed by atoms with van der Waals surface area (Å²) in [5, 5.41) is 1.10. The second kappa shape index (κ2) is 9.87. The summed E-state index contributed by atoms with van der Waals surface area (Å²) in [6.07, 6.45) is 3.85. The average Bonchev–Trinajstić information content (AvgIpc) is 2.88. The van der Waals surface area contributed by atoms with Crippen LogP contribution < -0.4 is 4.90 Å². The molecule has 0 bridgehead atoms. The molecule has 1 atom stereocenters. The normalized spacial score (nSPS) is 19.7. The zero-order valence-electron chi connectivity index (χ0n) is 19.3. The van der Waals surface area contributed by atoms with Crippen LogP contribution in [-0.2, 0) is 16.1 Å².